The highest BCUT2D eigenvalue weighted by molar-refractivity contribution is 5.98. The number of rotatable bonds is 10. The van der Waals surface area contributed by atoms with Crippen LogP contribution in [0.1, 0.15) is 112 Å². The molecule has 10 rings (SSSR count). The zero-order valence-corrected chi connectivity index (χ0v) is 41.4. The molecule has 0 atom stereocenters. The first-order valence-electron chi connectivity index (χ1n) is 25.7. The van der Waals surface area contributed by atoms with E-state index in [0.717, 1.165) is 92.6 Å². The van der Waals surface area contributed by atoms with Gasteiger partial charge in [0, 0.05) is 31.0 Å². The van der Waals surface area contributed by atoms with Crippen molar-refractivity contribution in [2.45, 2.75) is 104 Å². The molecule has 1 aliphatic rings. The van der Waals surface area contributed by atoms with Crippen molar-refractivity contribution in [2.24, 2.45) is 5.92 Å². The molecule has 1 saturated carbocycles. The van der Waals surface area contributed by atoms with Gasteiger partial charge in [0.2, 0.25) is 0 Å². The van der Waals surface area contributed by atoms with Gasteiger partial charge in [0.05, 0.1) is 28.0 Å². The summed E-state index contributed by atoms with van der Waals surface area (Å²) in [6.07, 6.45) is 4.33. The smallest absolute Gasteiger partial charge is 0.149 e. The number of pyridine rings is 1. The van der Waals surface area contributed by atoms with Crippen LogP contribution >= 0.6 is 0 Å². The molecule has 2 heterocycles. The highest BCUT2D eigenvalue weighted by atomic mass is 16.3. The number of aromatic nitrogens is 3. The molecular weight excluding hydrogens is 839 g/mol. The molecule has 7 aromatic carbocycles. The van der Waals surface area contributed by atoms with Crippen LogP contribution in [0.15, 0.2) is 176 Å². The van der Waals surface area contributed by atoms with E-state index in [1.165, 1.54) is 16.7 Å². The highest BCUT2D eigenvalue weighted by Crippen LogP contribution is 2.44. The van der Waals surface area contributed by atoms with Crippen LogP contribution in [0, 0.1) is 5.92 Å². The van der Waals surface area contributed by atoms with Crippen molar-refractivity contribution in [3.63, 3.8) is 0 Å². The van der Waals surface area contributed by atoms with Gasteiger partial charge in [-0.05, 0) is 128 Å². The molecule has 69 heavy (non-hydrogen) atoms. The number of hydrogen-bond acceptors (Lipinski definition) is 3. The number of phenolic OH excluding ortho intramolecular Hbond substituents is 1. The molecule has 0 aliphatic heterocycles. The standard InChI is InChI=1S/C65H65N3O/c1-63(2,3)51-30-32-60(69)56(42-51)62-67-61-54(27-18-28-59(61)68(62)58-31-29-44(35-43-19-15-16-20-43)36-55(58)45-21-11-9-12-22-45)48-37-49(40-53(39-48)64(4,5)6)57-41-47(33-34-66-57)46-23-17-26-52(38-46)65(7,8)50-24-13-10-14-25-50/h9-14,17-18,21-34,36-43,69H,15-16,19-20,35H2,1-8H3/i35D2. The summed E-state index contributed by atoms with van der Waals surface area (Å²) in [6.45, 7) is 17.9. The van der Waals surface area contributed by atoms with E-state index in [1.807, 2.05) is 36.5 Å². The monoisotopic (exact) mass is 906 g/mol. The molecule has 4 nitrogen and oxygen atoms in total. The van der Waals surface area contributed by atoms with Crippen LogP contribution in [0.4, 0.5) is 0 Å². The van der Waals surface area contributed by atoms with Crippen LogP contribution < -0.4 is 0 Å². The summed E-state index contributed by atoms with van der Waals surface area (Å²) < 4.78 is 21.1. The van der Waals surface area contributed by atoms with Crippen molar-refractivity contribution >= 4 is 11.0 Å². The SMILES string of the molecule is [2H]C([2H])(c1ccc(-n2c(-c3cc(C(C)(C)C)ccc3O)nc3c(-c4cc(-c5cc(-c6cccc(C(C)(C)c7ccccc7)c6)ccn5)cc(C(C)(C)C)c4)cccc32)c(-c2ccccc2)c1)C1CCCC1. The summed E-state index contributed by atoms with van der Waals surface area (Å²) in [5, 5.41) is 11.9. The van der Waals surface area contributed by atoms with Gasteiger partial charge in [-0.2, -0.15) is 0 Å². The third-order valence-corrected chi connectivity index (χ3v) is 14.4. The van der Waals surface area contributed by atoms with Gasteiger partial charge in [-0.15, -0.1) is 0 Å². The number of nitrogens with zero attached hydrogens (tertiary/aromatic N) is 3. The number of hydrogen-bond donors (Lipinski definition) is 1. The second kappa shape index (κ2) is 18.1. The summed E-state index contributed by atoms with van der Waals surface area (Å²) in [5.41, 5.74) is 16.1. The van der Waals surface area contributed by atoms with Gasteiger partial charge in [0.25, 0.3) is 0 Å². The molecule has 9 aromatic rings. The zero-order valence-electron chi connectivity index (χ0n) is 43.4. The molecule has 0 amide bonds. The van der Waals surface area contributed by atoms with E-state index in [-0.39, 0.29) is 27.9 Å². The predicted molar refractivity (Wildman–Crippen MR) is 289 cm³/mol. The molecular formula is C65H65N3O. The average molecular weight is 906 g/mol. The van der Waals surface area contributed by atoms with Crippen molar-refractivity contribution < 1.29 is 7.85 Å². The first kappa shape index (κ1) is 43.3. The summed E-state index contributed by atoms with van der Waals surface area (Å²) in [6, 6.07) is 59.4. The summed E-state index contributed by atoms with van der Waals surface area (Å²) in [5.74, 6) is 0.721. The Kier molecular flexibility index (Phi) is 11.4. The summed E-state index contributed by atoms with van der Waals surface area (Å²) >= 11 is 0. The van der Waals surface area contributed by atoms with E-state index < -0.39 is 6.37 Å². The van der Waals surface area contributed by atoms with Gasteiger partial charge in [0.1, 0.15) is 11.6 Å². The molecule has 1 aliphatic carbocycles. The van der Waals surface area contributed by atoms with Crippen LogP contribution in [0.3, 0.4) is 0 Å². The maximum Gasteiger partial charge on any atom is 0.149 e. The van der Waals surface area contributed by atoms with Crippen LogP contribution in [-0.4, -0.2) is 19.6 Å². The van der Waals surface area contributed by atoms with E-state index in [2.05, 4.69) is 193 Å². The molecule has 0 bridgehead atoms. The van der Waals surface area contributed by atoms with Crippen molar-refractivity contribution in [3.8, 4) is 67.5 Å². The fourth-order valence-corrected chi connectivity index (χ4v) is 10.2. The van der Waals surface area contributed by atoms with E-state index >= 15 is 0 Å². The molecule has 0 spiro atoms. The summed E-state index contributed by atoms with van der Waals surface area (Å²) in [4.78, 5) is 10.6. The fourth-order valence-electron chi connectivity index (χ4n) is 10.2. The highest BCUT2D eigenvalue weighted by Gasteiger charge is 2.27. The topological polar surface area (TPSA) is 50.9 Å². The predicted octanol–water partition coefficient (Wildman–Crippen LogP) is 17.1. The molecule has 0 saturated heterocycles. The maximum atomic E-state index is 11.9. The fraction of sp³-hybridized carbons (Fsp3) is 0.262. The van der Waals surface area contributed by atoms with Gasteiger partial charge < -0.3 is 5.11 Å². The lowest BCUT2D eigenvalue weighted by atomic mass is 9.77. The average Bonchev–Trinajstić information content (AvgIpc) is 4.06. The lowest BCUT2D eigenvalue weighted by Gasteiger charge is -2.26. The Balaban J connectivity index is 1.17. The van der Waals surface area contributed by atoms with Crippen molar-refractivity contribution in [3.05, 3.63) is 204 Å². The van der Waals surface area contributed by atoms with E-state index in [1.54, 1.807) is 6.07 Å². The largest absolute Gasteiger partial charge is 0.507 e. The quantitative estimate of drug-likeness (QED) is 0.149. The first-order valence-corrected chi connectivity index (χ1v) is 24.7. The lowest BCUT2D eigenvalue weighted by Crippen LogP contribution is -2.18. The van der Waals surface area contributed by atoms with E-state index in [0.29, 0.717) is 17.0 Å². The molecule has 0 radical (unpaired) electrons. The van der Waals surface area contributed by atoms with Crippen molar-refractivity contribution in [1.82, 2.24) is 14.5 Å². The molecule has 0 unspecified atom stereocenters. The second-order valence-electron chi connectivity index (χ2n) is 21.7. The minimum atomic E-state index is -1.49. The van der Waals surface area contributed by atoms with Gasteiger partial charge in [-0.25, -0.2) is 4.98 Å². The Morgan fingerprint density at radius 2 is 1.19 bits per heavy atom. The Bertz CT molecular complexity index is 3400. The Morgan fingerprint density at radius 1 is 0.536 bits per heavy atom. The minimum absolute atomic E-state index is 0.0313. The second-order valence-corrected chi connectivity index (χ2v) is 21.7. The Morgan fingerprint density at radius 3 is 1.93 bits per heavy atom. The molecule has 1 fully saturated rings. The number of para-hydroxylation sites is 1. The first-order chi connectivity index (χ1) is 33.9. The minimum Gasteiger partial charge on any atom is -0.507 e. The van der Waals surface area contributed by atoms with Crippen molar-refractivity contribution in [1.29, 1.82) is 0 Å². The van der Waals surface area contributed by atoms with Gasteiger partial charge >= 0.3 is 0 Å². The Hall–Kier alpha value is -7.04. The molecule has 1 N–H and O–H groups in total. The zero-order chi connectivity index (χ0) is 49.9. The molecule has 4 heteroatoms. The van der Waals surface area contributed by atoms with Gasteiger partial charge in [-0.3, -0.25) is 9.55 Å². The maximum absolute atomic E-state index is 11.9. The van der Waals surface area contributed by atoms with Gasteiger partial charge in [0.15, 0.2) is 0 Å². The summed E-state index contributed by atoms with van der Waals surface area (Å²) in [7, 11) is 0. The van der Waals surface area contributed by atoms with E-state index in [9.17, 15) is 7.85 Å². The number of imidazole rings is 1. The molecule has 2 aromatic heterocycles. The van der Waals surface area contributed by atoms with Crippen LogP contribution in [0.2, 0.25) is 0 Å². The Labute approximate surface area is 412 Å². The molecule has 346 valence electrons. The van der Waals surface area contributed by atoms with Crippen LogP contribution in [0.25, 0.3) is 72.7 Å². The third-order valence-electron chi connectivity index (χ3n) is 14.4. The van der Waals surface area contributed by atoms with Gasteiger partial charge in [-0.1, -0.05) is 196 Å². The normalized spacial score (nSPS) is 14.3. The number of phenols is 1. The lowest BCUT2D eigenvalue weighted by molar-refractivity contribution is 0.475. The van der Waals surface area contributed by atoms with E-state index in [4.69, 9.17) is 9.97 Å². The third kappa shape index (κ3) is 9.18. The van der Waals surface area contributed by atoms with Crippen LogP contribution in [-0.2, 0) is 22.6 Å². The number of aromatic hydroxyl groups is 1. The number of fused-ring (bicyclic) bond motifs is 1. The number of benzene rings is 7. The van der Waals surface area contributed by atoms with Crippen molar-refractivity contribution in [2.75, 3.05) is 0 Å². The van der Waals surface area contributed by atoms with Crippen LogP contribution in [0.5, 0.6) is 5.75 Å².